The standard InChI is InChI=1S/C16H18BrNO2/c17-15-7-3-1-5-13(15)11-18-12-14-6-2-4-8-16(14)20-10-9-19/h1-8,18-19H,9-12H2. The smallest absolute Gasteiger partial charge is 0.123 e. The lowest BCUT2D eigenvalue weighted by molar-refractivity contribution is 0.200. The number of nitrogens with one attached hydrogen (secondary N) is 1. The molecule has 0 fully saturated rings. The highest BCUT2D eigenvalue weighted by molar-refractivity contribution is 9.10. The van der Waals surface area contributed by atoms with Crippen molar-refractivity contribution in [2.45, 2.75) is 13.1 Å². The van der Waals surface area contributed by atoms with Crippen molar-refractivity contribution in [2.75, 3.05) is 13.2 Å². The van der Waals surface area contributed by atoms with Gasteiger partial charge < -0.3 is 15.2 Å². The Balaban J connectivity index is 1.92. The van der Waals surface area contributed by atoms with Crippen molar-refractivity contribution in [3.8, 4) is 5.75 Å². The SMILES string of the molecule is OCCOc1ccccc1CNCc1ccccc1Br. The van der Waals surface area contributed by atoms with Crippen LogP contribution in [0.25, 0.3) is 0 Å². The van der Waals surface area contributed by atoms with Crippen LogP contribution in [-0.2, 0) is 13.1 Å². The van der Waals surface area contributed by atoms with E-state index in [1.807, 2.05) is 42.5 Å². The Morgan fingerprint density at radius 1 is 0.950 bits per heavy atom. The van der Waals surface area contributed by atoms with Gasteiger partial charge in [0.2, 0.25) is 0 Å². The van der Waals surface area contributed by atoms with Gasteiger partial charge in [0.1, 0.15) is 12.4 Å². The molecule has 0 bridgehead atoms. The van der Waals surface area contributed by atoms with Gasteiger partial charge in [-0.05, 0) is 17.7 Å². The molecule has 0 heterocycles. The fourth-order valence-corrected chi connectivity index (χ4v) is 2.34. The molecule has 0 saturated heterocycles. The van der Waals surface area contributed by atoms with Crippen molar-refractivity contribution in [2.24, 2.45) is 0 Å². The van der Waals surface area contributed by atoms with E-state index in [9.17, 15) is 0 Å². The number of benzene rings is 2. The molecule has 4 heteroatoms. The van der Waals surface area contributed by atoms with Gasteiger partial charge in [0.25, 0.3) is 0 Å². The van der Waals surface area contributed by atoms with Crippen molar-refractivity contribution in [3.63, 3.8) is 0 Å². The molecule has 0 aliphatic carbocycles. The second-order valence-corrected chi connectivity index (χ2v) is 5.23. The Hall–Kier alpha value is -1.36. The summed E-state index contributed by atoms with van der Waals surface area (Å²) >= 11 is 3.54. The minimum Gasteiger partial charge on any atom is -0.491 e. The molecule has 0 amide bonds. The van der Waals surface area contributed by atoms with Gasteiger partial charge in [0.05, 0.1) is 6.61 Å². The third-order valence-electron chi connectivity index (χ3n) is 2.91. The predicted octanol–water partition coefficient (Wildman–Crippen LogP) is 3.11. The summed E-state index contributed by atoms with van der Waals surface area (Å²) in [6, 6.07) is 16.0. The first-order chi connectivity index (χ1) is 9.81. The van der Waals surface area contributed by atoms with Crippen molar-refractivity contribution in [3.05, 3.63) is 64.1 Å². The fraction of sp³-hybridized carbons (Fsp3) is 0.250. The minimum atomic E-state index is 0.0265. The van der Waals surface area contributed by atoms with E-state index in [0.29, 0.717) is 6.61 Å². The number of hydrogen-bond acceptors (Lipinski definition) is 3. The van der Waals surface area contributed by atoms with Crippen molar-refractivity contribution in [1.82, 2.24) is 5.32 Å². The van der Waals surface area contributed by atoms with Crippen LogP contribution in [0, 0.1) is 0 Å². The monoisotopic (exact) mass is 335 g/mol. The Morgan fingerprint density at radius 3 is 2.35 bits per heavy atom. The molecule has 3 nitrogen and oxygen atoms in total. The number of hydrogen-bond donors (Lipinski definition) is 2. The first-order valence-electron chi connectivity index (χ1n) is 6.57. The van der Waals surface area contributed by atoms with Crippen LogP contribution in [0.4, 0.5) is 0 Å². The second kappa shape index (κ2) is 8.04. The van der Waals surface area contributed by atoms with Gasteiger partial charge >= 0.3 is 0 Å². The molecule has 0 aliphatic heterocycles. The molecule has 0 aliphatic rings. The summed E-state index contributed by atoms with van der Waals surface area (Å²) in [6.45, 7) is 1.86. The number of aliphatic hydroxyl groups excluding tert-OH is 1. The Labute approximate surface area is 127 Å². The van der Waals surface area contributed by atoms with Crippen molar-refractivity contribution < 1.29 is 9.84 Å². The van der Waals surface area contributed by atoms with Crippen LogP contribution in [0.1, 0.15) is 11.1 Å². The quantitative estimate of drug-likeness (QED) is 0.816. The summed E-state index contributed by atoms with van der Waals surface area (Å²) in [4.78, 5) is 0. The number of rotatable bonds is 7. The van der Waals surface area contributed by atoms with Gasteiger partial charge in [-0.2, -0.15) is 0 Å². The van der Waals surface area contributed by atoms with E-state index in [0.717, 1.165) is 28.9 Å². The molecule has 0 radical (unpaired) electrons. The fourth-order valence-electron chi connectivity index (χ4n) is 1.92. The van der Waals surface area contributed by atoms with Crippen LogP contribution >= 0.6 is 15.9 Å². The molecule has 0 aromatic heterocycles. The largest absolute Gasteiger partial charge is 0.491 e. The number of halogens is 1. The van der Waals surface area contributed by atoms with E-state index in [1.165, 1.54) is 5.56 Å². The maximum atomic E-state index is 8.83. The van der Waals surface area contributed by atoms with Gasteiger partial charge in [-0.1, -0.05) is 52.3 Å². The molecular weight excluding hydrogens is 318 g/mol. The molecule has 0 spiro atoms. The third kappa shape index (κ3) is 4.34. The van der Waals surface area contributed by atoms with E-state index in [1.54, 1.807) is 0 Å². The van der Waals surface area contributed by atoms with Crippen LogP contribution in [0.5, 0.6) is 5.75 Å². The second-order valence-electron chi connectivity index (χ2n) is 4.37. The average molecular weight is 336 g/mol. The molecule has 0 atom stereocenters. The van der Waals surface area contributed by atoms with Crippen LogP contribution < -0.4 is 10.1 Å². The maximum Gasteiger partial charge on any atom is 0.123 e. The van der Waals surface area contributed by atoms with E-state index in [-0.39, 0.29) is 6.61 Å². The summed E-state index contributed by atoms with van der Waals surface area (Å²) in [6.07, 6.45) is 0. The lowest BCUT2D eigenvalue weighted by Gasteiger charge is -2.12. The zero-order chi connectivity index (χ0) is 14.2. The molecule has 2 aromatic carbocycles. The van der Waals surface area contributed by atoms with Crippen LogP contribution in [0.3, 0.4) is 0 Å². The highest BCUT2D eigenvalue weighted by atomic mass is 79.9. The molecular formula is C16H18BrNO2. The highest BCUT2D eigenvalue weighted by Crippen LogP contribution is 2.19. The minimum absolute atomic E-state index is 0.0265. The predicted molar refractivity (Wildman–Crippen MR) is 83.7 cm³/mol. The summed E-state index contributed by atoms with van der Waals surface area (Å²) in [5, 5.41) is 12.2. The van der Waals surface area contributed by atoms with E-state index in [4.69, 9.17) is 9.84 Å². The molecule has 106 valence electrons. The molecule has 0 unspecified atom stereocenters. The first kappa shape index (κ1) is 15.0. The summed E-state index contributed by atoms with van der Waals surface area (Å²) in [5.41, 5.74) is 2.31. The lowest BCUT2D eigenvalue weighted by atomic mass is 10.2. The van der Waals surface area contributed by atoms with Gasteiger partial charge in [0, 0.05) is 23.1 Å². The topological polar surface area (TPSA) is 41.5 Å². The highest BCUT2D eigenvalue weighted by Gasteiger charge is 2.03. The normalized spacial score (nSPS) is 10.5. The number of para-hydroxylation sites is 1. The zero-order valence-electron chi connectivity index (χ0n) is 11.2. The molecule has 0 saturated carbocycles. The van der Waals surface area contributed by atoms with Crippen LogP contribution in [-0.4, -0.2) is 18.3 Å². The third-order valence-corrected chi connectivity index (χ3v) is 3.68. The maximum absolute atomic E-state index is 8.83. The first-order valence-corrected chi connectivity index (χ1v) is 7.36. The molecule has 2 N–H and O–H groups in total. The van der Waals surface area contributed by atoms with Gasteiger partial charge in [-0.15, -0.1) is 0 Å². The zero-order valence-corrected chi connectivity index (χ0v) is 12.8. The molecule has 20 heavy (non-hydrogen) atoms. The van der Waals surface area contributed by atoms with Gasteiger partial charge in [0.15, 0.2) is 0 Å². The number of aliphatic hydroxyl groups is 1. The van der Waals surface area contributed by atoms with Gasteiger partial charge in [-0.25, -0.2) is 0 Å². The molecule has 2 rings (SSSR count). The van der Waals surface area contributed by atoms with E-state index in [2.05, 4.69) is 27.3 Å². The summed E-state index contributed by atoms with van der Waals surface area (Å²) in [5.74, 6) is 0.821. The van der Waals surface area contributed by atoms with Gasteiger partial charge in [-0.3, -0.25) is 0 Å². The summed E-state index contributed by atoms with van der Waals surface area (Å²) in [7, 11) is 0. The lowest BCUT2D eigenvalue weighted by Crippen LogP contribution is -2.14. The van der Waals surface area contributed by atoms with Crippen molar-refractivity contribution in [1.29, 1.82) is 0 Å². The van der Waals surface area contributed by atoms with E-state index < -0.39 is 0 Å². The number of ether oxygens (including phenoxy) is 1. The Morgan fingerprint density at radius 2 is 1.60 bits per heavy atom. The summed E-state index contributed by atoms with van der Waals surface area (Å²) < 4.78 is 6.62. The van der Waals surface area contributed by atoms with Crippen LogP contribution in [0.15, 0.2) is 53.0 Å². The van der Waals surface area contributed by atoms with Crippen molar-refractivity contribution >= 4 is 15.9 Å². The molecule has 2 aromatic rings. The van der Waals surface area contributed by atoms with Crippen LogP contribution in [0.2, 0.25) is 0 Å². The average Bonchev–Trinajstić information content (AvgIpc) is 2.48. The Bertz CT molecular complexity index is 546. The Kier molecular flexibility index (Phi) is 6.05. The van der Waals surface area contributed by atoms with E-state index >= 15 is 0 Å².